The maximum atomic E-state index is 13.6. The second-order valence-electron chi connectivity index (χ2n) is 11.0. The summed E-state index contributed by atoms with van der Waals surface area (Å²) in [4.78, 5) is 26.3. The average Bonchev–Trinajstić information content (AvgIpc) is 2.96. The van der Waals surface area contributed by atoms with E-state index in [-0.39, 0.29) is 6.42 Å². The van der Waals surface area contributed by atoms with E-state index in [1.165, 1.54) is 0 Å². The van der Waals surface area contributed by atoms with Crippen LogP contribution in [0.25, 0.3) is 0 Å². The molecule has 0 aromatic heterocycles. The quantitative estimate of drug-likeness (QED) is 0.184. The molecule has 3 rings (SSSR count). The number of benzene rings is 3. The Bertz CT molecular complexity index is 1260. The number of rotatable bonds is 15. The monoisotopic (exact) mass is 576 g/mol. The van der Waals surface area contributed by atoms with Crippen LogP contribution in [0.1, 0.15) is 65.0 Å². The van der Waals surface area contributed by atoms with Crippen LogP contribution in [0.4, 0.5) is 10.5 Å². The Morgan fingerprint density at radius 2 is 1.50 bits per heavy atom. The van der Waals surface area contributed by atoms with Crippen molar-refractivity contribution < 1.29 is 28.5 Å². The summed E-state index contributed by atoms with van der Waals surface area (Å²) >= 11 is 0. The highest BCUT2D eigenvalue weighted by molar-refractivity contribution is 5.98. The van der Waals surface area contributed by atoms with Crippen molar-refractivity contribution >= 4 is 17.7 Å². The number of ether oxygens (including phenoxy) is 4. The molecule has 8 nitrogen and oxygen atoms in total. The van der Waals surface area contributed by atoms with Crippen molar-refractivity contribution in [1.82, 2.24) is 5.32 Å². The van der Waals surface area contributed by atoms with Gasteiger partial charge in [0.1, 0.15) is 35.5 Å². The molecule has 42 heavy (non-hydrogen) atoms. The number of hydrogen-bond acceptors (Lipinski definition) is 6. The van der Waals surface area contributed by atoms with E-state index in [2.05, 4.69) is 17.6 Å². The third-order valence-corrected chi connectivity index (χ3v) is 6.06. The minimum Gasteiger partial charge on any atom is -0.493 e. The number of amides is 2. The highest BCUT2D eigenvalue weighted by atomic mass is 16.6. The van der Waals surface area contributed by atoms with Crippen molar-refractivity contribution in [3.8, 4) is 17.2 Å². The van der Waals surface area contributed by atoms with E-state index in [1.807, 2.05) is 61.5 Å². The first kappa shape index (κ1) is 32.3. The normalized spacial score (nSPS) is 11.7. The smallest absolute Gasteiger partial charge is 0.408 e. The summed E-state index contributed by atoms with van der Waals surface area (Å²) in [6, 6.07) is 21.8. The molecular formula is C34H44N2O6. The number of anilines is 1. The maximum absolute atomic E-state index is 13.6. The van der Waals surface area contributed by atoms with E-state index < -0.39 is 23.6 Å². The van der Waals surface area contributed by atoms with Gasteiger partial charge in [-0.15, -0.1) is 0 Å². The van der Waals surface area contributed by atoms with Crippen LogP contribution in [0.15, 0.2) is 72.8 Å². The molecule has 1 atom stereocenters. The molecule has 8 heteroatoms. The van der Waals surface area contributed by atoms with Gasteiger partial charge >= 0.3 is 6.09 Å². The van der Waals surface area contributed by atoms with Gasteiger partial charge in [0.05, 0.1) is 18.9 Å². The van der Waals surface area contributed by atoms with Crippen molar-refractivity contribution in [3.63, 3.8) is 0 Å². The van der Waals surface area contributed by atoms with Crippen LogP contribution in [-0.2, 0) is 22.6 Å². The first-order chi connectivity index (χ1) is 20.2. The summed E-state index contributed by atoms with van der Waals surface area (Å²) < 4.78 is 23.1. The summed E-state index contributed by atoms with van der Waals surface area (Å²) in [6.07, 6.45) is 2.30. The van der Waals surface area contributed by atoms with Crippen LogP contribution < -0.4 is 24.8 Å². The number of unbranched alkanes of at least 4 members (excludes halogenated alkanes) is 1. The molecule has 0 aliphatic rings. The van der Waals surface area contributed by atoms with Crippen LogP contribution in [0.5, 0.6) is 17.2 Å². The third-order valence-electron chi connectivity index (χ3n) is 6.06. The van der Waals surface area contributed by atoms with E-state index in [0.29, 0.717) is 42.8 Å². The van der Waals surface area contributed by atoms with Crippen LogP contribution in [0.3, 0.4) is 0 Å². The minimum atomic E-state index is -0.907. The van der Waals surface area contributed by atoms with Crippen LogP contribution in [-0.4, -0.2) is 36.9 Å². The standard InChI is InChI=1S/C34H44N2O6/c1-6-8-21-40-31-23-28(39-20-7-2)18-19-29(31)35-32(37)30(36-33(38)42-34(3,4)5)22-25-14-16-27(17-15-25)41-24-26-12-10-9-11-13-26/h9-19,23,30H,6-8,20-22,24H2,1-5H3,(H,35,37)(H,36,38)/t30-/m1/s1. The predicted molar refractivity (Wildman–Crippen MR) is 165 cm³/mol. The van der Waals surface area contributed by atoms with Gasteiger partial charge in [0, 0.05) is 12.5 Å². The number of hydrogen-bond donors (Lipinski definition) is 2. The Balaban J connectivity index is 1.75. The van der Waals surface area contributed by atoms with E-state index >= 15 is 0 Å². The third kappa shape index (κ3) is 11.4. The van der Waals surface area contributed by atoms with Gasteiger partial charge in [0.2, 0.25) is 5.91 Å². The van der Waals surface area contributed by atoms with Crippen molar-refractivity contribution in [2.75, 3.05) is 18.5 Å². The van der Waals surface area contributed by atoms with Crippen LogP contribution >= 0.6 is 0 Å². The van der Waals surface area contributed by atoms with Crippen molar-refractivity contribution in [2.45, 2.75) is 78.6 Å². The topological polar surface area (TPSA) is 95.1 Å². The fourth-order valence-corrected chi connectivity index (χ4v) is 3.94. The summed E-state index contributed by atoms with van der Waals surface area (Å²) in [5.41, 5.74) is 1.71. The zero-order valence-electron chi connectivity index (χ0n) is 25.4. The van der Waals surface area contributed by atoms with Gasteiger partial charge in [-0.25, -0.2) is 4.79 Å². The van der Waals surface area contributed by atoms with E-state index in [9.17, 15) is 9.59 Å². The Morgan fingerprint density at radius 3 is 2.17 bits per heavy atom. The molecule has 3 aromatic carbocycles. The molecule has 3 aromatic rings. The first-order valence-corrected chi connectivity index (χ1v) is 14.6. The lowest BCUT2D eigenvalue weighted by atomic mass is 10.0. The average molecular weight is 577 g/mol. The van der Waals surface area contributed by atoms with Gasteiger partial charge in [-0.3, -0.25) is 4.79 Å². The van der Waals surface area contributed by atoms with Crippen molar-refractivity contribution in [2.24, 2.45) is 0 Å². The molecule has 0 fully saturated rings. The molecule has 0 aliphatic carbocycles. The minimum absolute atomic E-state index is 0.244. The lowest BCUT2D eigenvalue weighted by Crippen LogP contribution is -2.47. The molecule has 0 saturated carbocycles. The molecular weight excluding hydrogens is 532 g/mol. The summed E-state index contributed by atoms with van der Waals surface area (Å²) in [5, 5.41) is 5.69. The van der Waals surface area contributed by atoms with Crippen molar-refractivity contribution in [1.29, 1.82) is 0 Å². The lowest BCUT2D eigenvalue weighted by molar-refractivity contribution is -0.118. The largest absolute Gasteiger partial charge is 0.493 e. The SMILES string of the molecule is CCCCOc1cc(OCCC)ccc1NC(=O)[C@@H](Cc1ccc(OCc2ccccc2)cc1)NC(=O)OC(C)(C)C. The molecule has 2 amide bonds. The lowest BCUT2D eigenvalue weighted by Gasteiger charge is -2.24. The Morgan fingerprint density at radius 1 is 0.786 bits per heavy atom. The second kappa shape index (κ2) is 16.3. The molecule has 226 valence electrons. The summed E-state index contributed by atoms with van der Waals surface area (Å²) in [5.74, 6) is 1.50. The molecule has 0 bridgehead atoms. The van der Waals surface area contributed by atoms with Gasteiger partial charge in [-0.1, -0.05) is 62.7 Å². The van der Waals surface area contributed by atoms with E-state index in [1.54, 1.807) is 39.0 Å². The number of nitrogens with one attached hydrogen (secondary N) is 2. The van der Waals surface area contributed by atoms with Gasteiger partial charge in [0.15, 0.2) is 0 Å². The number of alkyl carbamates (subject to hydrolysis) is 1. The van der Waals surface area contributed by atoms with Gasteiger partial charge in [-0.2, -0.15) is 0 Å². The molecule has 0 radical (unpaired) electrons. The predicted octanol–water partition coefficient (Wildman–Crippen LogP) is 7.31. The fourth-order valence-electron chi connectivity index (χ4n) is 3.94. The highest BCUT2D eigenvalue weighted by Gasteiger charge is 2.26. The maximum Gasteiger partial charge on any atom is 0.408 e. The zero-order chi connectivity index (χ0) is 30.4. The Kier molecular flexibility index (Phi) is 12.5. The van der Waals surface area contributed by atoms with E-state index in [4.69, 9.17) is 18.9 Å². The first-order valence-electron chi connectivity index (χ1n) is 14.6. The number of carbonyl (C=O) groups excluding carboxylic acids is 2. The van der Waals surface area contributed by atoms with Gasteiger partial charge in [-0.05, 0) is 69.0 Å². The van der Waals surface area contributed by atoms with Gasteiger partial charge in [0.25, 0.3) is 0 Å². The number of carbonyl (C=O) groups is 2. The second-order valence-corrected chi connectivity index (χ2v) is 11.0. The Labute approximate surface area is 249 Å². The fraction of sp³-hybridized carbons (Fsp3) is 0.412. The molecule has 0 spiro atoms. The van der Waals surface area contributed by atoms with Gasteiger partial charge < -0.3 is 29.6 Å². The van der Waals surface area contributed by atoms with Crippen LogP contribution in [0.2, 0.25) is 0 Å². The molecule has 0 unspecified atom stereocenters. The molecule has 0 saturated heterocycles. The van der Waals surface area contributed by atoms with Crippen molar-refractivity contribution in [3.05, 3.63) is 83.9 Å². The molecule has 2 N–H and O–H groups in total. The molecule has 0 aliphatic heterocycles. The molecule has 0 heterocycles. The summed E-state index contributed by atoms with van der Waals surface area (Å²) in [6.45, 7) is 11.0. The summed E-state index contributed by atoms with van der Waals surface area (Å²) in [7, 11) is 0. The zero-order valence-corrected chi connectivity index (χ0v) is 25.4. The van der Waals surface area contributed by atoms with E-state index in [0.717, 1.165) is 30.4 Å². The highest BCUT2D eigenvalue weighted by Crippen LogP contribution is 2.30. The Hall–Kier alpha value is -4.20. The van der Waals surface area contributed by atoms with Crippen LogP contribution in [0, 0.1) is 0 Å².